The Kier molecular flexibility index (Phi) is 8.42. The molecule has 0 spiro atoms. The van der Waals surface area contributed by atoms with Gasteiger partial charge in [0.25, 0.3) is 11.8 Å². The molecule has 2 N–H and O–H groups in total. The third-order valence-corrected chi connectivity index (χ3v) is 5.89. The van der Waals surface area contributed by atoms with E-state index in [-0.39, 0.29) is 41.3 Å². The fourth-order valence-corrected chi connectivity index (χ4v) is 3.87. The van der Waals surface area contributed by atoms with Gasteiger partial charge in [0.2, 0.25) is 5.88 Å². The zero-order valence-electron chi connectivity index (χ0n) is 22.3. The smallest absolute Gasteiger partial charge is 0.278 e. The van der Waals surface area contributed by atoms with Crippen molar-refractivity contribution in [3.8, 4) is 23.1 Å². The molecule has 2 aromatic heterocycles. The van der Waals surface area contributed by atoms with Crippen molar-refractivity contribution in [3.05, 3.63) is 120 Å². The first kappa shape index (κ1) is 27.9. The van der Waals surface area contributed by atoms with Gasteiger partial charge in [-0.3, -0.25) is 9.59 Å². The van der Waals surface area contributed by atoms with E-state index in [4.69, 9.17) is 9.47 Å². The quantitative estimate of drug-likeness (QED) is 0.233. The van der Waals surface area contributed by atoms with Crippen LogP contribution in [0.1, 0.15) is 33.5 Å². The number of rotatable bonds is 10. The number of benzene rings is 3. The number of halogens is 2. The van der Waals surface area contributed by atoms with E-state index in [0.717, 1.165) is 0 Å². The van der Waals surface area contributed by atoms with Crippen molar-refractivity contribution >= 4 is 17.5 Å². The van der Waals surface area contributed by atoms with Crippen molar-refractivity contribution in [2.24, 2.45) is 0 Å². The molecule has 0 unspecified atom stereocenters. The third kappa shape index (κ3) is 6.73. The Balaban J connectivity index is 1.37. The molecule has 0 atom stereocenters. The molecule has 5 aromatic rings. The van der Waals surface area contributed by atoms with E-state index in [9.17, 15) is 18.4 Å². The SMILES string of the molecule is CCNC(=O)c1ccc(-n2nnc(C(=O)Nc3ccc(Oc4ccc(F)cc4)nc3)c2COc2cccc(F)c2)cc1. The maximum atomic E-state index is 13.7. The summed E-state index contributed by atoms with van der Waals surface area (Å²) in [5, 5.41) is 13.7. The first-order valence-electron chi connectivity index (χ1n) is 12.8. The molecule has 42 heavy (non-hydrogen) atoms. The van der Waals surface area contributed by atoms with Gasteiger partial charge in [-0.05, 0) is 73.7 Å². The lowest BCUT2D eigenvalue weighted by atomic mass is 10.2. The number of hydrogen-bond acceptors (Lipinski definition) is 7. The van der Waals surface area contributed by atoms with E-state index < -0.39 is 11.7 Å². The Labute approximate surface area is 238 Å². The van der Waals surface area contributed by atoms with Gasteiger partial charge in [-0.25, -0.2) is 18.4 Å². The molecule has 212 valence electrons. The number of nitrogens with one attached hydrogen (secondary N) is 2. The lowest BCUT2D eigenvalue weighted by molar-refractivity contribution is 0.0954. The lowest BCUT2D eigenvalue weighted by Gasteiger charge is -2.11. The average Bonchev–Trinajstić information content (AvgIpc) is 3.43. The van der Waals surface area contributed by atoms with Crippen LogP contribution in [-0.4, -0.2) is 38.3 Å². The van der Waals surface area contributed by atoms with Gasteiger partial charge in [-0.15, -0.1) is 5.10 Å². The van der Waals surface area contributed by atoms with Crippen molar-refractivity contribution in [2.45, 2.75) is 13.5 Å². The minimum Gasteiger partial charge on any atom is -0.487 e. The van der Waals surface area contributed by atoms with Gasteiger partial charge >= 0.3 is 0 Å². The summed E-state index contributed by atoms with van der Waals surface area (Å²) in [5.74, 6) is -0.779. The molecule has 0 radical (unpaired) electrons. The normalized spacial score (nSPS) is 10.6. The first-order chi connectivity index (χ1) is 20.4. The minimum atomic E-state index is -0.591. The third-order valence-electron chi connectivity index (χ3n) is 5.89. The summed E-state index contributed by atoms with van der Waals surface area (Å²) in [6.07, 6.45) is 1.39. The molecule has 2 heterocycles. The van der Waals surface area contributed by atoms with Crippen LogP contribution in [0, 0.1) is 11.6 Å². The Morgan fingerprint density at radius 2 is 1.67 bits per heavy atom. The maximum absolute atomic E-state index is 13.7. The van der Waals surface area contributed by atoms with Crippen LogP contribution < -0.4 is 20.1 Å². The molecule has 2 amide bonds. The molecule has 0 aliphatic rings. The van der Waals surface area contributed by atoms with Gasteiger partial charge in [0.05, 0.1) is 17.6 Å². The standard InChI is InChI=1S/C30H24F2N6O4/c1-2-33-29(39)19-6-11-23(12-7-19)38-26(18-41-25-5-3-4-21(32)16-25)28(36-37-38)30(40)35-22-10-15-27(34-17-22)42-24-13-8-20(31)9-14-24/h3-17H,2,18H2,1H3,(H,33,39)(H,35,40). The van der Waals surface area contributed by atoms with E-state index in [1.54, 1.807) is 42.5 Å². The molecule has 0 aliphatic heterocycles. The Morgan fingerprint density at radius 1 is 0.881 bits per heavy atom. The zero-order valence-corrected chi connectivity index (χ0v) is 22.3. The second-order valence-corrected chi connectivity index (χ2v) is 8.84. The monoisotopic (exact) mass is 570 g/mol. The zero-order chi connectivity index (χ0) is 29.5. The summed E-state index contributed by atoms with van der Waals surface area (Å²) in [5.41, 5.74) is 1.58. The Hall–Kier alpha value is -5.65. The van der Waals surface area contributed by atoms with Crippen molar-refractivity contribution < 1.29 is 27.8 Å². The number of carbonyl (C=O) groups is 2. The topological polar surface area (TPSA) is 120 Å². The lowest BCUT2D eigenvalue weighted by Crippen LogP contribution is -2.22. The van der Waals surface area contributed by atoms with Crippen LogP contribution in [-0.2, 0) is 6.61 Å². The average molecular weight is 571 g/mol. The van der Waals surface area contributed by atoms with Gasteiger partial charge in [-0.1, -0.05) is 11.3 Å². The number of hydrogen-bond donors (Lipinski definition) is 2. The van der Waals surface area contributed by atoms with Crippen LogP contribution >= 0.6 is 0 Å². The number of pyridine rings is 1. The highest BCUT2D eigenvalue weighted by molar-refractivity contribution is 6.03. The van der Waals surface area contributed by atoms with Crippen molar-refractivity contribution in [3.63, 3.8) is 0 Å². The molecule has 0 saturated heterocycles. The summed E-state index contributed by atoms with van der Waals surface area (Å²) in [4.78, 5) is 29.6. The summed E-state index contributed by atoms with van der Waals surface area (Å²) in [6.45, 7) is 2.15. The second kappa shape index (κ2) is 12.7. The molecule has 0 aliphatic carbocycles. The van der Waals surface area contributed by atoms with Crippen molar-refractivity contribution in [1.82, 2.24) is 25.3 Å². The summed E-state index contributed by atoms with van der Waals surface area (Å²) in [6, 6.07) is 20.8. The van der Waals surface area contributed by atoms with Crippen LogP contribution in [0.4, 0.5) is 14.5 Å². The molecule has 0 bridgehead atoms. The van der Waals surface area contributed by atoms with Crippen LogP contribution in [0.5, 0.6) is 17.4 Å². The van der Waals surface area contributed by atoms with Gasteiger partial charge in [0.15, 0.2) is 5.69 Å². The predicted molar refractivity (Wildman–Crippen MR) is 149 cm³/mol. The maximum Gasteiger partial charge on any atom is 0.278 e. The molecule has 10 nitrogen and oxygen atoms in total. The predicted octanol–water partition coefficient (Wildman–Crippen LogP) is 5.31. The number of nitrogens with zero attached hydrogens (tertiary/aromatic N) is 4. The van der Waals surface area contributed by atoms with E-state index >= 15 is 0 Å². The van der Waals surface area contributed by atoms with Crippen LogP contribution in [0.3, 0.4) is 0 Å². The summed E-state index contributed by atoms with van der Waals surface area (Å²) < 4.78 is 39.6. The highest BCUT2D eigenvalue weighted by Crippen LogP contribution is 2.22. The molecule has 5 rings (SSSR count). The van der Waals surface area contributed by atoms with E-state index in [0.29, 0.717) is 29.2 Å². The minimum absolute atomic E-state index is 0.0363. The molecule has 3 aromatic carbocycles. The fourth-order valence-electron chi connectivity index (χ4n) is 3.87. The number of aromatic nitrogens is 4. The molecular weight excluding hydrogens is 546 g/mol. The second-order valence-electron chi connectivity index (χ2n) is 8.84. The number of anilines is 1. The van der Waals surface area contributed by atoms with Crippen molar-refractivity contribution in [2.75, 3.05) is 11.9 Å². The number of amides is 2. The molecule has 0 saturated carbocycles. The fraction of sp³-hybridized carbons (Fsp3) is 0.100. The summed E-state index contributed by atoms with van der Waals surface area (Å²) >= 11 is 0. The Bertz CT molecular complexity index is 1690. The van der Waals surface area contributed by atoms with Gasteiger partial charge < -0.3 is 20.1 Å². The first-order valence-corrected chi connectivity index (χ1v) is 12.8. The molecule has 12 heteroatoms. The van der Waals surface area contributed by atoms with Crippen LogP contribution in [0.15, 0.2) is 91.1 Å². The van der Waals surface area contributed by atoms with Crippen molar-refractivity contribution in [1.29, 1.82) is 0 Å². The number of ether oxygens (including phenoxy) is 2. The van der Waals surface area contributed by atoms with Gasteiger partial charge in [0.1, 0.15) is 35.4 Å². The van der Waals surface area contributed by atoms with Crippen LogP contribution in [0.2, 0.25) is 0 Å². The summed E-state index contributed by atoms with van der Waals surface area (Å²) in [7, 11) is 0. The Morgan fingerprint density at radius 3 is 2.36 bits per heavy atom. The number of carbonyl (C=O) groups excluding carboxylic acids is 2. The molecule has 0 fully saturated rings. The molecular formula is C30H24F2N6O4. The van der Waals surface area contributed by atoms with Crippen LogP contribution in [0.25, 0.3) is 5.69 Å². The van der Waals surface area contributed by atoms with Gasteiger partial charge in [-0.2, -0.15) is 0 Å². The van der Waals surface area contributed by atoms with E-state index in [1.807, 2.05) is 6.92 Å². The van der Waals surface area contributed by atoms with Gasteiger partial charge in [0, 0.05) is 24.2 Å². The highest BCUT2D eigenvalue weighted by Gasteiger charge is 2.22. The van der Waals surface area contributed by atoms with E-state index in [1.165, 1.54) is 53.3 Å². The largest absolute Gasteiger partial charge is 0.487 e. The highest BCUT2D eigenvalue weighted by atomic mass is 19.1. The van der Waals surface area contributed by atoms with E-state index in [2.05, 4.69) is 25.9 Å².